The van der Waals surface area contributed by atoms with E-state index in [1.165, 1.54) is 32.6 Å². The Morgan fingerprint density at radius 2 is 2.37 bits per heavy atom. The fourth-order valence-corrected chi connectivity index (χ4v) is 4.57. The summed E-state index contributed by atoms with van der Waals surface area (Å²) in [6.45, 7) is 3.63. The molecule has 1 aliphatic rings. The van der Waals surface area contributed by atoms with E-state index in [0.29, 0.717) is 12.5 Å². The van der Waals surface area contributed by atoms with E-state index in [9.17, 15) is 4.79 Å². The summed E-state index contributed by atoms with van der Waals surface area (Å²) in [5.74, 6) is 0.158. The van der Waals surface area contributed by atoms with E-state index >= 15 is 0 Å². The van der Waals surface area contributed by atoms with E-state index < -0.39 is 0 Å². The summed E-state index contributed by atoms with van der Waals surface area (Å²) in [4.78, 5) is 13.1. The minimum absolute atomic E-state index is 0.158. The summed E-state index contributed by atoms with van der Waals surface area (Å²) < 4.78 is 1.37. The van der Waals surface area contributed by atoms with E-state index in [1.54, 1.807) is 0 Å². The number of amides is 1. The van der Waals surface area contributed by atoms with Crippen molar-refractivity contribution in [2.75, 3.05) is 13.1 Å². The van der Waals surface area contributed by atoms with Crippen molar-refractivity contribution in [2.45, 2.75) is 45.1 Å². The van der Waals surface area contributed by atoms with Crippen LogP contribution in [0.3, 0.4) is 0 Å². The van der Waals surface area contributed by atoms with Crippen molar-refractivity contribution in [1.29, 1.82) is 0 Å². The Hall–Kier alpha value is -0.140. The van der Waals surface area contributed by atoms with Crippen LogP contribution in [0.4, 0.5) is 0 Å². The predicted octanol–water partition coefficient (Wildman–Crippen LogP) is 3.24. The van der Waals surface area contributed by atoms with Gasteiger partial charge in [0.15, 0.2) is 0 Å². The number of carbonyl (C=O) groups is 1. The molecule has 1 aromatic heterocycles. The average molecular weight is 392 g/mol. The Bertz CT molecular complexity index is 433. The third kappa shape index (κ3) is 4.43. The van der Waals surface area contributed by atoms with Crippen LogP contribution in [0.5, 0.6) is 0 Å². The van der Waals surface area contributed by atoms with Gasteiger partial charge in [0.2, 0.25) is 5.91 Å². The molecule has 0 radical (unpaired) electrons. The normalized spacial score (nSPS) is 18.1. The molecule has 1 unspecified atom stereocenters. The lowest BCUT2D eigenvalue weighted by atomic mass is 9.94. The molecule has 0 aromatic carbocycles. The van der Waals surface area contributed by atoms with Crippen molar-refractivity contribution < 1.29 is 4.79 Å². The molecule has 1 amide bonds. The lowest BCUT2D eigenvalue weighted by molar-refractivity contribution is -0.121. The minimum Gasteiger partial charge on any atom is -0.356 e. The molecule has 2 N–H and O–H groups in total. The summed E-state index contributed by atoms with van der Waals surface area (Å²) >= 11 is 4.31. The van der Waals surface area contributed by atoms with Gasteiger partial charge in [-0.2, -0.15) is 0 Å². The molecule has 2 rings (SSSR count). The zero-order valence-corrected chi connectivity index (χ0v) is 14.3. The van der Waals surface area contributed by atoms with Gasteiger partial charge in [0.25, 0.3) is 0 Å². The van der Waals surface area contributed by atoms with E-state index in [2.05, 4.69) is 46.2 Å². The maximum Gasteiger partial charge on any atom is 0.221 e. The van der Waals surface area contributed by atoms with Crippen molar-refractivity contribution >= 4 is 39.8 Å². The second-order valence-electron chi connectivity index (χ2n) is 4.93. The molecule has 1 aliphatic carbocycles. The van der Waals surface area contributed by atoms with Crippen LogP contribution in [-0.4, -0.2) is 19.0 Å². The first-order valence-corrected chi connectivity index (χ1v) is 8.88. The van der Waals surface area contributed by atoms with Gasteiger partial charge in [-0.25, -0.2) is 0 Å². The highest BCUT2D eigenvalue weighted by atomic mass is 127. The van der Waals surface area contributed by atoms with Gasteiger partial charge in [-0.05, 0) is 59.9 Å². The maximum absolute atomic E-state index is 11.5. The molecule has 1 heterocycles. The lowest BCUT2D eigenvalue weighted by Crippen LogP contribution is -2.30. The highest BCUT2D eigenvalue weighted by Gasteiger charge is 2.22. The molecule has 1 aromatic rings. The van der Waals surface area contributed by atoms with Crippen LogP contribution in [-0.2, 0) is 11.2 Å². The molecular formula is C14H21IN2OS. The van der Waals surface area contributed by atoms with Gasteiger partial charge in [-0.15, -0.1) is 11.3 Å². The highest BCUT2D eigenvalue weighted by Crippen LogP contribution is 2.36. The van der Waals surface area contributed by atoms with E-state index in [4.69, 9.17) is 0 Å². The molecule has 106 valence electrons. The summed E-state index contributed by atoms with van der Waals surface area (Å²) in [7, 11) is 0. The first kappa shape index (κ1) is 15.3. The van der Waals surface area contributed by atoms with Crippen LogP contribution < -0.4 is 10.6 Å². The summed E-state index contributed by atoms with van der Waals surface area (Å²) in [6.07, 6.45) is 5.24. The topological polar surface area (TPSA) is 41.1 Å². The summed E-state index contributed by atoms with van der Waals surface area (Å²) in [6, 6.07) is 2.75. The molecular weight excluding hydrogens is 371 g/mol. The number of fused-ring (bicyclic) bond motifs is 1. The van der Waals surface area contributed by atoms with Gasteiger partial charge in [0.05, 0.1) is 2.88 Å². The van der Waals surface area contributed by atoms with Crippen LogP contribution in [0.15, 0.2) is 6.07 Å². The molecule has 0 saturated heterocycles. The fraction of sp³-hybridized carbons (Fsp3) is 0.643. The Morgan fingerprint density at radius 3 is 3.16 bits per heavy atom. The monoisotopic (exact) mass is 392 g/mol. The zero-order valence-electron chi connectivity index (χ0n) is 11.3. The smallest absolute Gasteiger partial charge is 0.221 e. The number of hydrogen-bond acceptors (Lipinski definition) is 3. The molecule has 3 nitrogen and oxygen atoms in total. The second-order valence-corrected chi connectivity index (χ2v) is 7.96. The number of hydrogen-bond donors (Lipinski definition) is 2. The van der Waals surface area contributed by atoms with Crippen molar-refractivity contribution in [2.24, 2.45) is 0 Å². The number of thiophene rings is 1. The molecule has 1 atom stereocenters. The van der Waals surface area contributed by atoms with Gasteiger partial charge in [0.1, 0.15) is 0 Å². The minimum atomic E-state index is 0.158. The van der Waals surface area contributed by atoms with Crippen LogP contribution in [0.25, 0.3) is 0 Å². The molecule has 0 aliphatic heterocycles. The van der Waals surface area contributed by atoms with Crippen molar-refractivity contribution in [3.8, 4) is 0 Å². The first-order valence-electron chi connectivity index (χ1n) is 6.99. The van der Waals surface area contributed by atoms with Gasteiger partial charge < -0.3 is 10.6 Å². The van der Waals surface area contributed by atoms with E-state index in [0.717, 1.165) is 19.5 Å². The molecule has 0 bridgehead atoms. The highest BCUT2D eigenvalue weighted by molar-refractivity contribution is 14.1. The summed E-state index contributed by atoms with van der Waals surface area (Å²) in [5.41, 5.74) is 1.47. The largest absolute Gasteiger partial charge is 0.356 e. The van der Waals surface area contributed by atoms with Crippen molar-refractivity contribution in [3.63, 3.8) is 0 Å². The fourth-order valence-electron chi connectivity index (χ4n) is 2.45. The Balaban J connectivity index is 1.79. The Morgan fingerprint density at radius 1 is 1.53 bits per heavy atom. The quantitative estimate of drug-likeness (QED) is 0.730. The van der Waals surface area contributed by atoms with E-state index in [1.807, 2.05) is 11.3 Å². The molecule has 19 heavy (non-hydrogen) atoms. The summed E-state index contributed by atoms with van der Waals surface area (Å²) in [5, 5.41) is 6.46. The number of rotatable bonds is 6. The van der Waals surface area contributed by atoms with Crippen LogP contribution >= 0.6 is 33.9 Å². The lowest BCUT2D eigenvalue weighted by Gasteiger charge is -2.23. The standard InChI is InChI=1S/C14H21IN2OS/c1-2-7-17-14(18)6-8-16-11-4-3-5-12-10(11)9-13(15)19-12/h9,11,16H,2-8H2,1H3,(H,17,18). The molecule has 0 fully saturated rings. The Kier molecular flexibility index (Phi) is 6.09. The third-order valence-corrected chi connectivity index (χ3v) is 5.37. The number of nitrogens with one attached hydrogen (secondary N) is 2. The van der Waals surface area contributed by atoms with Gasteiger partial charge in [0, 0.05) is 30.4 Å². The maximum atomic E-state index is 11.5. The predicted molar refractivity (Wildman–Crippen MR) is 88.6 cm³/mol. The zero-order chi connectivity index (χ0) is 13.7. The van der Waals surface area contributed by atoms with Crippen LogP contribution in [0.2, 0.25) is 0 Å². The van der Waals surface area contributed by atoms with E-state index in [-0.39, 0.29) is 5.91 Å². The average Bonchev–Trinajstić information content (AvgIpc) is 2.77. The van der Waals surface area contributed by atoms with Crippen molar-refractivity contribution in [1.82, 2.24) is 10.6 Å². The van der Waals surface area contributed by atoms with Gasteiger partial charge in [-0.1, -0.05) is 6.92 Å². The number of halogens is 1. The third-order valence-electron chi connectivity index (χ3n) is 3.40. The SMILES string of the molecule is CCCNC(=O)CCNC1CCCc2sc(I)cc21. The Labute approximate surface area is 132 Å². The first-order chi connectivity index (χ1) is 9.20. The molecule has 5 heteroatoms. The molecule has 0 spiro atoms. The van der Waals surface area contributed by atoms with Gasteiger partial charge >= 0.3 is 0 Å². The van der Waals surface area contributed by atoms with Crippen LogP contribution in [0.1, 0.15) is 49.1 Å². The number of aryl methyl sites for hydroxylation is 1. The molecule has 0 saturated carbocycles. The second kappa shape index (κ2) is 7.59. The van der Waals surface area contributed by atoms with Crippen LogP contribution in [0, 0.1) is 2.88 Å². The van der Waals surface area contributed by atoms with Crippen molar-refractivity contribution in [3.05, 3.63) is 19.4 Å². The number of carbonyl (C=O) groups excluding carboxylic acids is 1. The van der Waals surface area contributed by atoms with Gasteiger partial charge in [-0.3, -0.25) is 4.79 Å².